The molecule has 19 heavy (non-hydrogen) atoms. The number of carbonyl (C=O) groups excluding carboxylic acids is 2. The first-order valence-electron chi connectivity index (χ1n) is 5.86. The Hall–Kier alpha value is -1.07. The van der Waals surface area contributed by atoms with Gasteiger partial charge in [0.2, 0.25) is 5.91 Å². The molecule has 1 heterocycles. The fourth-order valence-electron chi connectivity index (χ4n) is 2.00. The van der Waals surface area contributed by atoms with Gasteiger partial charge in [-0.05, 0) is 18.2 Å². The summed E-state index contributed by atoms with van der Waals surface area (Å²) in [5.74, 6) is -0.124. The SMILES string of the molecule is CN(C)C(=O)c1cc(N2CC(Br)CC2=O)ccc1Cl. The van der Waals surface area contributed by atoms with Crippen LogP contribution in [-0.2, 0) is 4.79 Å². The van der Waals surface area contributed by atoms with Crippen molar-refractivity contribution >= 4 is 45.0 Å². The Morgan fingerprint density at radius 3 is 2.68 bits per heavy atom. The zero-order valence-electron chi connectivity index (χ0n) is 10.7. The molecule has 1 aliphatic rings. The van der Waals surface area contributed by atoms with Crippen LogP contribution in [0.15, 0.2) is 18.2 Å². The van der Waals surface area contributed by atoms with Gasteiger partial charge in [0.1, 0.15) is 0 Å². The summed E-state index contributed by atoms with van der Waals surface area (Å²) >= 11 is 9.48. The van der Waals surface area contributed by atoms with Crippen LogP contribution < -0.4 is 4.90 Å². The summed E-state index contributed by atoms with van der Waals surface area (Å²) in [6, 6.07) is 5.09. The number of amides is 2. The molecule has 0 bridgehead atoms. The summed E-state index contributed by atoms with van der Waals surface area (Å²) in [5.41, 5.74) is 1.12. The van der Waals surface area contributed by atoms with Gasteiger partial charge in [-0.2, -0.15) is 0 Å². The maximum Gasteiger partial charge on any atom is 0.254 e. The smallest absolute Gasteiger partial charge is 0.254 e. The number of anilines is 1. The first-order valence-corrected chi connectivity index (χ1v) is 7.15. The number of nitrogens with zero attached hydrogens (tertiary/aromatic N) is 2. The summed E-state index contributed by atoms with van der Waals surface area (Å²) in [7, 11) is 3.34. The molecule has 1 aliphatic heterocycles. The maximum absolute atomic E-state index is 12.0. The van der Waals surface area contributed by atoms with Crippen LogP contribution in [0, 0.1) is 0 Å². The number of rotatable bonds is 2. The molecule has 0 aromatic heterocycles. The van der Waals surface area contributed by atoms with E-state index in [2.05, 4.69) is 15.9 Å². The van der Waals surface area contributed by atoms with Crippen LogP contribution >= 0.6 is 27.5 Å². The van der Waals surface area contributed by atoms with E-state index in [9.17, 15) is 9.59 Å². The molecule has 4 nitrogen and oxygen atoms in total. The van der Waals surface area contributed by atoms with E-state index in [-0.39, 0.29) is 16.6 Å². The second-order valence-electron chi connectivity index (χ2n) is 4.67. The molecule has 0 spiro atoms. The van der Waals surface area contributed by atoms with Crippen molar-refractivity contribution < 1.29 is 9.59 Å². The van der Waals surface area contributed by atoms with Gasteiger partial charge in [0.05, 0.1) is 10.6 Å². The third-order valence-corrected chi connectivity index (χ3v) is 3.92. The standard InChI is InChI=1S/C13H14BrClN2O2/c1-16(2)13(19)10-6-9(3-4-11(10)15)17-7-8(14)5-12(17)18/h3-4,6,8H,5,7H2,1-2H3. The highest BCUT2D eigenvalue weighted by atomic mass is 79.9. The highest BCUT2D eigenvalue weighted by Gasteiger charge is 2.29. The largest absolute Gasteiger partial charge is 0.345 e. The quantitative estimate of drug-likeness (QED) is 0.773. The molecule has 0 saturated carbocycles. The lowest BCUT2D eigenvalue weighted by atomic mass is 10.1. The van der Waals surface area contributed by atoms with Gasteiger partial charge in [0.25, 0.3) is 5.91 Å². The van der Waals surface area contributed by atoms with Gasteiger partial charge >= 0.3 is 0 Å². The molecule has 1 unspecified atom stereocenters. The lowest BCUT2D eigenvalue weighted by Gasteiger charge is -2.18. The van der Waals surface area contributed by atoms with E-state index in [1.54, 1.807) is 37.2 Å². The molecule has 0 aliphatic carbocycles. The lowest BCUT2D eigenvalue weighted by Crippen LogP contribution is -2.26. The average Bonchev–Trinajstić information content (AvgIpc) is 2.68. The molecular weight excluding hydrogens is 332 g/mol. The van der Waals surface area contributed by atoms with Crippen molar-refractivity contribution in [2.75, 3.05) is 25.5 Å². The van der Waals surface area contributed by atoms with Crippen LogP contribution in [-0.4, -0.2) is 42.2 Å². The van der Waals surface area contributed by atoms with Crippen LogP contribution in [0.1, 0.15) is 16.8 Å². The minimum atomic E-state index is -0.172. The van der Waals surface area contributed by atoms with Gasteiger partial charge < -0.3 is 9.80 Å². The predicted octanol–water partition coefficient (Wildman–Crippen LogP) is 2.54. The molecule has 1 atom stereocenters. The highest BCUT2D eigenvalue weighted by Crippen LogP contribution is 2.29. The summed E-state index contributed by atoms with van der Waals surface area (Å²) < 4.78 is 0. The Morgan fingerprint density at radius 1 is 1.47 bits per heavy atom. The number of carbonyl (C=O) groups is 2. The third kappa shape index (κ3) is 2.92. The molecule has 1 aromatic carbocycles. The molecule has 1 saturated heterocycles. The van der Waals surface area contributed by atoms with Gasteiger partial charge in [-0.25, -0.2) is 0 Å². The second-order valence-corrected chi connectivity index (χ2v) is 6.37. The molecule has 1 aromatic rings. The van der Waals surface area contributed by atoms with E-state index in [1.807, 2.05) is 0 Å². The molecule has 0 radical (unpaired) electrons. The minimum absolute atomic E-state index is 0.0486. The number of hydrogen-bond donors (Lipinski definition) is 0. The first-order chi connectivity index (χ1) is 8.90. The van der Waals surface area contributed by atoms with Gasteiger partial charge in [-0.1, -0.05) is 27.5 Å². The number of halogens is 2. The Morgan fingerprint density at radius 2 is 2.16 bits per heavy atom. The van der Waals surface area contributed by atoms with Crippen molar-refractivity contribution in [1.82, 2.24) is 4.90 Å². The maximum atomic E-state index is 12.0. The van der Waals surface area contributed by atoms with E-state index < -0.39 is 0 Å². The van der Waals surface area contributed by atoms with Crippen LogP contribution in [0.5, 0.6) is 0 Å². The minimum Gasteiger partial charge on any atom is -0.345 e. The summed E-state index contributed by atoms with van der Waals surface area (Å²) in [6.07, 6.45) is 0.472. The van der Waals surface area contributed by atoms with E-state index >= 15 is 0 Å². The highest BCUT2D eigenvalue weighted by molar-refractivity contribution is 9.09. The second kappa shape index (κ2) is 5.51. The van der Waals surface area contributed by atoms with Gasteiger partial charge in [-0.3, -0.25) is 9.59 Å². The van der Waals surface area contributed by atoms with Crippen LogP contribution in [0.3, 0.4) is 0 Å². The third-order valence-electron chi connectivity index (χ3n) is 2.98. The van der Waals surface area contributed by atoms with Crippen molar-refractivity contribution in [2.24, 2.45) is 0 Å². The monoisotopic (exact) mass is 344 g/mol. The average molecular weight is 346 g/mol. The van der Waals surface area contributed by atoms with Crippen LogP contribution in [0.2, 0.25) is 5.02 Å². The molecule has 102 valence electrons. The van der Waals surface area contributed by atoms with Gasteiger partial charge in [0.15, 0.2) is 0 Å². The molecule has 0 N–H and O–H groups in total. The Kier molecular flexibility index (Phi) is 4.16. The topological polar surface area (TPSA) is 40.6 Å². The van der Waals surface area contributed by atoms with Crippen LogP contribution in [0.25, 0.3) is 0 Å². The van der Waals surface area contributed by atoms with Gasteiger partial charge in [0, 0.05) is 37.6 Å². The van der Waals surface area contributed by atoms with Crippen molar-refractivity contribution in [3.8, 4) is 0 Å². The van der Waals surface area contributed by atoms with Crippen molar-refractivity contribution in [3.05, 3.63) is 28.8 Å². The Balaban J connectivity index is 2.36. The molecular formula is C13H14BrClN2O2. The molecule has 2 rings (SSSR count). The van der Waals surface area contributed by atoms with Gasteiger partial charge in [-0.15, -0.1) is 0 Å². The van der Waals surface area contributed by atoms with Crippen LogP contribution in [0.4, 0.5) is 5.69 Å². The molecule has 6 heteroatoms. The first kappa shape index (κ1) is 14.3. The fraction of sp³-hybridized carbons (Fsp3) is 0.385. The zero-order chi connectivity index (χ0) is 14.2. The summed E-state index contributed by atoms with van der Waals surface area (Å²) in [6.45, 7) is 0.607. The summed E-state index contributed by atoms with van der Waals surface area (Å²) in [5, 5.41) is 0.393. The predicted molar refractivity (Wildman–Crippen MR) is 79.2 cm³/mol. The Bertz CT molecular complexity index is 533. The van der Waals surface area contributed by atoms with E-state index in [4.69, 9.17) is 11.6 Å². The molecule has 1 fully saturated rings. The number of alkyl halides is 1. The summed E-state index contributed by atoms with van der Waals surface area (Å²) in [4.78, 5) is 27.1. The van der Waals surface area contributed by atoms with Crippen molar-refractivity contribution in [3.63, 3.8) is 0 Å². The fourth-order valence-corrected chi connectivity index (χ4v) is 2.76. The zero-order valence-corrected chi connectivity index (χ0v) is 13.0. The van der Waals surface area contributed by atoms with E-state index in [0.717, 1.165) is 0 Å². The van der Waals surface area contributed by atoms with E-state index in [0.29, 0.717) is 29.2 Å². The number of hydrogen-bond acceptors (Lipinski definition) is 2. The molecule has 2 amide bonds. The van der Waals surface area contributed by atoms with E-state index in [1.165, 1.54) is 4.90 Å². The normalized spacial score (nSPS) is 18.8. The van der Waals surface area contributed by atoms with Crippen molar-refractivity contribution in [1.29, 1.82) is 0 Å². The number of benzene rings is 1. The van der Waals surface area contributed by atoms with Crippen molar-refractivity contribution in [2.45, 2.75) is 11.2 Å². The lowest BCUT2D eigenvalue weighted by molar-refractivity contribution is -0.117. The Labute approximate surface area is 125 Å².